The van der Waals surface area contributed by atoms with Gasteiger partial charge in [0, 0.05) is 35.6 Å². The largest absolute Gasteiger partial charge is 0.330 e. The Bertz CT molecular complexity index is 1310. The Kier molecular flexibility index (Phi) is 7.73. The average molecular weight is 576 g/mol. The topological polar surface area (TPSA) is 57.7 Å². The van der Waals surface area contributed by atoms with Gasteiger partial charge in [0.25, 0.3) is 0 Å². The molecule has 2 aliphatic carbocycles. The van der Waals surface area contributed by atoms with Crippen molar-refractivity contribution < 1.29 is 13.2 Å². The number of sulfonamides is 1. The standard InChI is InChI=1S/C30H36Cl2N2O3S/c1-4-16-30(2)18-26(22-6-5-7-24(32)17-22)28(21-10-12-23(31)13-11-21)34(29(30)35)27(20-8-9-20)19-33(3)38(36,37)25-14-15-25/h4-7,10-13,17,20,25-28H,1,8-9,14-16,18-19H2,2-3H3/t26?,27?,28-,30?/m1/s1. The molecule has 3 aliphatic rings. The van der Waals surface area contributed by atoms with Crippen LogP contribution in [0.3, 0.4) is 0 Å². The van der Waals surface area contributed by atoms with Crippen LogP contribution in [0.1, 0.15) is 68.5 Å². The lowest BCUT2D eigenvalue weighted by Crippen LogP contribution is -2.58. The summed E-state index contributed by atoms with van der Waals surface area (Å²) in [5.41, 5.74) is 1.39. The molecule has 0 spiro atoms. The predicted octanol–water partition coefficient (Wildman–Crippen LogP) is 6.84. The van der Waals surface area contributed by atoms with E-state index in [0.717, 1.165) is 24.0 Å². The van der Waals surface area contributed by atoms with E-state index in [4.69, 9.17) is 23.2 Å². The number of nitrogens with zero attached hydrogens (tertiary/aromatic N) is 2. The molecular formula is C30H36Cl2N2O3S. The fourth-order valence-corrected chi connectivity index (χ4v) is 8.11. The second-order valence-electron chi connectivity index (χ2n) is 11.6. The number of hydrogen-bond acceptors (Lipinski definition) is 3. The van der Waals surface area contributed by atoms with Crippen LogP contribution in [0.25, 0.3) is 0 Å². The molecule has 1 amide bonds. The number of likely N-dealkylation sites (tertiary alicyclic amines) is 1. The molecule has 1 heterocycles. The first kappa shape index (κ1) is 27.7. The lowest BCUT2D eigenvalue weighted by Gasteiger charge is -2.52. The fourth-order valence-electron chi connectivity index (χ4n) is 6.19. The molecule has 1 saturated heterocycles. The van der Waals surface area contributed by atoms with Crippen molar-refractivity contribution in [1.29, 1.82) is 0 Å². The quantitative estimate of drug-likeness (QED) is 0.292. The molecule has 4 atom stereocenters. The Labute approximate surface area is 236 Å². The lowest BCUT2D eigenvalue weighted by molar-refractivity contribution is -0.155. The zero-order valence-electron chi connectivity index (χ0n) is 22.0. The first-order valence-corrected chi connectivity index (χ1v) is 15.7. The van der Waals surface area contributed by atoms with E-state index in [2.05, 4.69) is 12.6 Å². The highest BCUT2D eigenvalue weighted by atomic mass is 35.5. The van der Waals surface area contributed by atoms with Crippen molar-refractivity contribution >= 4 is 39.1 Å². The van der Waals surface area contributed by atoms with Crippen LogP contribution in [0.5, 0.6) is 0 Å². The maximum atomic E-state index is 14.5. The molecule has 2 saturated carbocycles. The molecule has 3 fully saturated rings. The minimum atomic E-state index is -3.38. The third-order valence-electron chi connectivity index (χ3n) is 8.53. The average Bonchev–Trinajstić information content (AvgIpc) is 3.78. The second kappa shape index (κ2) is 10.6. The van der Waals surface area contributed by atoms with Gasteiger partial charge in [0.15, 0.2) is 0 Å². The van der Waals surface area contributed by atoms with Crippen LogP contribution in [0.4, 0.5) is 0 Å². The summed E-state index contributed by atoms with van der Waals surface area (Å²) in [5, 5.41) is 0.995. The van der Waals surface area contributed by atoms with E-state index in [1.54, 1.807) is 7.05 Å². The number of rotatable bonds is 10. The predicted molar refractivity (Wildman–Crippen MR) is 154 cm³/mol. The van der Waals surface area contributed by atoms with Crippen LogP contribution < -0.4 is 0 Å². The third kappa shape index (κ3) is 5.42. The number of likely N-dealkylation sites (N-methyl/N-ethyl adjacent to an activating group) is 1. The summed E-state index contributed by atoms with van der Waals surface area (Å²) in [6.45, 7) is 6.28. The van der Waals surface area contributed by atoms with E-state index in [0.29, 0.717) is 42.3 Å². The molecule has 0 N–H and O–H groups in total. The highest BCUT2D eigenvalue weighted by Gasteiger charge is 2.54. The van der Waals surface area contributed by atoms with E-state index in [-0.39, 0.29) is 35.1 Å². The second-order valence-corrected chi connectivity index (χ2v) is 14.8. The highest BCUT2D eigenvalue weighted by Crippen LogP contribution is 2.54. The third-order valence-corrected chi connectivity index (χ3v) is 11.4. The number of carbonyl (C=O) groups is 1. The van der Waals surface area contributed by atoms with Gasteiger partial charge in [-0.3, -0.25) is 4.79 Å². The Morgan fingerprint density at radius 3 is 2.34 bits per heavy atom. The van der Waals surface area contributed by atoms with Crippen LogP contribution in [-0.4, -0.2) is 48.4 Å². The first-order valence-electron chi connectivity index (χ1n) is 13.4. The summed E-state index contributed by atoms with van der Waals surface area (Å²) < 4.78 is 27.8. The maximum Gasteiger partial charge on any atom is 0.229 e. The number of piperidine rings is 1. The molecule has 204 valence electrons. The Morgan fingerprint density at radius 2 is 1.76 bits per heavy atom. The molecule has 1 aliphatic heterocycles. The van der Waals surface area contributed by atoms with Gasteiger partial charge in [-0.05, 0) is 79.8 Å². The molecule has 0 bridgehead atoms. The number of benzene rings is 2. The molecule has 5 rings (SSSR count). The number of hydrogen-bond donors (Lipinski definition) is 0. The van der Waals surface area contributed by atoms with Crippen molar-refractivity contribution in [2.45, 2.75) is 68.7 Å². The number of allylic oxidation sites excluding steroid dienone is 1. The number of amides is 1. The van der Waals surface area contributed by atoms with Crippen LogP contribution in [-0.2, 0) is 14.8 Å². The summed E-state index contributed by atoms with van der Waals surface area (Å²) >= 11 is 12.7. The van der Waals surface area contributed by atoms with E-state index in [9.17, 15) is 13.2 Å². The monoisotopic (exact) mass is 574 g/mol. The zero-order valence-corrected chi connectivity index (χ0v) is 24.4. The molecule has 5 nitrogen and oxygen atoms in total. The summed E-state index contributed by atoms with van der Waals surface area (Å²) in [6, 6.07) is 15.1. The zero-order chi connectivity index (χ0) is 27.2. The molecule has 0 aromatic heterocycles. The maximum absolute atomic E-state index is 14.5. The fraction of sp³-hybridized carbons (Fsp3) is 0.500. The van der Waals surface area contributed by atoms with Gasteiger partial charge >= 0.3 is 0 Å². The Balaban J connectivity index is 1.64. The molecule has 8 heteroatoms. The molecule has 3 unspecified atom stereocenters. The van der Waals surface area contributed by atoms with Gasteiger partial charge < -0.3 is 4.90 Å². The van der Waals surface area contributed by atoms with Gasteiger partial charge in [0.1, 0.15) is 0 Å². The summed E-state index contributed by atoms with van der Waals surface area (Å²) in [6.07, 6.45) is 6.40. The molecule has 2 aromatic rings. The van der Waals surface area contributed by atoms with Gasteiger partial charge in [0.05, 0.1) is 16.7 Å². The van der Waals surface area contributed by atoms with E-state index in [1.165, 1.54) is 4.31 Å². The van der Waals surface area contributed by atoms with Crippen molar-refractivity contribution in [1.82, 2.24) is 9.21 Å². The number of carbonyl (C=O) groups excluding carboxylic acids is 1. The van der Waals surface area contributed by atoms with Crippen molar-refractivity contribution in [3.63, 3.8) is 0 Å². The Hall–Kier alpha value is -1.86. The van der Waals surface area contributed by atoms with Crippen LogP contribution in [0.2, 0.25) is 10.0 Å². The van der Waals surface area contributed by atoms with Gasteiger partial charge in [-0.2, -0.15) is 0 Å². The Morgan fingerprint density at radius 1 is 1.08 bits per heavy atom. The molecule has 38 heavy (non-hydrogen) atoms. The smallest absolute Gasteiger partial charge is 0.229 e. The van der Waals surface area contributed by atoms with E-state index < -0.39 is 15.4 Å². The summed E-state index contributed by atoms with van der Waals surface area (Å²) in [7, 11) is -1.70. The molecule has 0 radical (unpaired) electrons. The number of halogens is 2. The van der Waals surface area contributed by atoms with E-state index in [1.807, 2.05) is 60.4 Å². The molecule has 2 aromatic carbocycles. The van der Waals surface area contributed by atoms with Crippen molar-refractivity contribution in [3.05, 3.63) is 82.4 Å². The minimum absolute atomic E-state index is 0.0379. The molecular weight excluding hydrogens is 539 g/mol. The van der Waals surface area contributed by atoms with Crippen LogP contribution in [0.15, 0.2) is 61.2 Å². The summed E-state index contributed by atoms with van der Waals surface area (Å²) in [5.74, 6) is 0.283. The van der Waals surface area contributed by atoms with Crippen molar-refractivity contribution in [3.8, 4) is 0 Å². The first-order chi connectivity index (χ1) is 18.0. The van der Waals surface area contributed by atoms with Gasteiger partial charge in [-0.15, -0.1) is 6.58 Å². The lowest BCUT2D eigenvalue weighted by atomic mass is 9.67. The normalized spacial score (nSPS) is 27.0. The van der Waals surface area contributed by atoms with Crippen molar-refractivity contribution in [2.24, 2.45) is 11.3 Å². The van der Waals surface area contributed by atoms with Gasteiger partial charge in [0.2, 0.25) is 15.9 Å². The van der Waals surface area contributed by atoms with Crippen LogP contribution in [0, 0.1) is 11.3 Å². The highest BCUT2D eigenvalue weighted by molar-refractivity contribution is 7.90. The summed E-state index contributed by atoms with van der Waals surface area (Å²) in [4.78, 5) is 16.6. The van der Waals surface area contributed by atoms with Crippen LogP contribution >= 0.6 is 23.2 Å². The van der Waals surface area contributed by atoms with Gasteiger partial charge in [-0.25, -0.2) is 12.7 Å². The van der Waals surface area contributed by atoms with Gasteiger partial charge in [-0.1, -0.05) is 60.5 Å². The SMILES string of the molecule is C=CCC1(C)CC(c2cccc(Cl)c2)[C@@H](c2ccc(Cl)cc2)N(C(CN(C)S(=O)(=O)C2CC2)C2CC2)C1=O. The minimum Gasteiger partial charge on any atom is -0.330 e. The van der Waals surface area contributed by atoms with Crippen molar-refractivity contribution in [2.75, 3.05) is 13.6 Å². The van der Waals surface area contributed by atoms with E-state index >= 15 is 0 Å².